The lowest BCUT2D eigenvalue weighted by Crippen LogP contribution is -2.23. The molecule has 0 aliphatic carbocycles. The van der Waals surface area contributed by atoms with Crippen LogP contribution in [-0.4, -0.2) is 6.04 Å². The van der Waals surface area contributed by atoms with Gasteiger partial charge in [0.1, 0.15) is 0 Å². The van der Waals surface area contributed by atoms with Crippen molar-refractivity contribution in [2.75, 3.05) is 0 Å². The van der Waals surface area contributed by atoms with Crippen molar-refractivity contribution >= 4 is 11.8 Å². The van der Waals surface area contributed by atoms with Gasteiger partial charge in [-0.3, -0.25) is 0 Å². The molecule has 2 atom stereocenters. The molecule has 0 amide bonds. The van der Waals surface area contributed by atoms with Crippen LogP contribution < -0.4 is 5.73 Å². The molecule has 100 valence electrons. The first kappa shape index (κ1) is 14.2. The molecule has 1 nitrogen and oxygen atoms in total. The predicted molar refractivity (Wildman–Crippen MR) is 84.6 cm³/mol. The second kappa shape index (κ2) is 6.27. The van der Waals surface area contributed by atoms with Gasteiger partial charge in [0, 0.05) is 16.2 Å². The monoisotopic (exact) mass is 271 g/mol. The average Bonchev–Trinajstić information content (AvgIpc) is 2.38. The van der Waals surface area contributed by atoms with Crippen molar-refractivity contribution in [3.05, 3.63) is 65.2 Å². The first-order valence-corrected chi connectivity index (χ1v) is 7.51. The number of rotatable bonds is 4. The number of hydrogen-bond donors (Lipinski definition) is 1. The van der Waals surface area contributed by atoms with Crippen LogP contribution in [0, 0.1) is 13.8 Å². The molecule has 2 aromatic rings. The van der Waals surface area contributed by atoms with E-state index in [1.165, 1.54) is 21.6 Å². The van der Waals surface area contributed by atoms with E-state index in [2.05, 4.69) is 69.3 Å². The molecule has 0 heterocycles. The fraction of sp³-hybridized carbons (Fsp3) is 0.294. The molecule has 0 fully saturated rings. The summed E-state index contributed by atoms with van der Waals surface area (Å²) in [4.78, 5) is 1.31. The molecular formula is C17H21NS. The zero-order chi connectivity index (χ0) is 13.8. The summed E-state index contributed by atoms with van der Waals surface area (Å²) in [5.41, 5.74) is 10.2. The van der Waals surface area contributed by atoms with Gasteiger partial charge in [-0.2, -0.15) is 0 Å². The van der Waals surface area contributed by atoms with E-state index in [1.807, 2.05) is 11.8 Å². The Morgan fingerprint density at radius 3 is 2.05 bits per heavy atom. The van der Waals surface area contributed by atoms with Crippen LogP contribution in [0.25, 0.3) is 0 Å². The number of nitrogens with two attached hydrogens (primary N) is 1. The van der Waals surface area contributed by atoms with Crippen molar-refractivity contribution in [3.8, 4) is 0 Å². The first-order chi connectivity index (χ1) is 9.09. The van der Waals surface area contributed by atoms with Gasteiger partial charge in [-0.1, -0.05) is 42.5 Å². The summed E-state index contributed by atoms with van der Waals surface area (Å²) < 4.78 is 0. The van der Waals surface area contributed by atoms with Crippen LogP contribution in [0.1, 0.15) is 28.9 Å². The quantitative estimate of drug-likeness (QED) is 0.829. The van der Waals surface area contributed by atoms with Gasteiger partial charge in [-0.15, -0.1) is 11.8 Å². The summed E-state index contributed by atoms with van der Waals surface area (Å²) in [5, 5.41) is 0.294. The van der Waals surface area contributed by atoms with E-state index in [1.54, 1.807) is 0 Å². The highest BCUT2D eigenvalue weighted by atomic mass is 32.2. The summed E-state index contributed by atoms with van der Waals surface area (Å²) in [5.74, 6) is 0. The standard InChI is InChI=1S/C17H21NS/c1-12-8-4-6-10-15(12)17(14(3)18)19-16-11-7-5-9-13(16)2/h4-11,14,17H,18H2,1-3H3. The van der Waals surface area contributed by atoms with Crippen molar-refractivity contribution in [2.45, 2.75) is 37.0 Å². The van der Waals surface area contributed by atoms with E-state index in [9.17, 15) is 0 Å². The molecule has 0 radical (unpaired) electrons. The number of aryl methyl sites for hydroxylation is 2. The Morgan fingerprint density at radius 2 is 1.47 bits per heavy atom. The fourth-order valence-electron chi connectivity index (χ4n) is 2.19. The first-order valence-electron chi connectivity index (χ1n) is 6.63. The van der Waals surface area contributed by atoms with Gasteiger partial charge in [-0.25, -0.2) is 0 Å². The summed E-state index contributed by atoms with van der Waals surface area (Å²) in [6, 6.07) is 17.1. The highest BCUT2D eigenvalue weighted by Gasteiger charge is 2.19. The Bertz CT molecular complexity index is 548. The smallest absolute Gasteiger partial charge is 0.0495 e. The number of hydrogen-bond acceptors (Lipinski definition) is 2. The summed E-state index contributed by atoms with van der Waals surface area (Å²) in [7, 11) is 0. The molecule has 2 rings (SSSR count). The van der Waals surface area contributed by atoms with E-state index >= 15 is 0 Å². The van der Waals surface area contributed by atoms with Gasteiger partial charge < -0.3 is 5.73 Å². The summed E-state index contributed by atoms with van der Waals surface area (Å²) in [6.07, 6.45) is 0. The second-order valence-electron chi connectivity index (χ2n) is 5.02. The summed E-state index contributed by atoms with van der Waals surface area (Å²) in [6.45, 7) is 6.39. The molecule has 2 unspecified atom stereocenters. The van der Waals surface area contributed by atoms with Crippen molar-refractivity contribution in [1.29, 1.82) is 0 Å². The third kappa shape index (κ3) is 3.40. The minimum atomic E-state index is 0.116. The topological polar surface area (TPSA) is 26.0 Å². The van der Waals surface area contributed by atoms with E-state index in [0.717, 1.165) is 0 Å². The van der Waals surface area contributed by atoms with E-state index in [4.69, 9.17) is 5.73 Å². The third-order valence-electron chi connectivity index (χ3n) is 3.32. The molecule has 0 bridgehead atoms. The lowest BCUT2D eigenvalue weighted by atomic mass is 10.0. The molecule has 0 aromatic heterocycles. The third-order valence-corrected chi connectivity index (χ3v) is 4.97. The van der Waals surface area contributed by atoms with E-state index < -0.39 is 0 Å². The van der Waals surface area contributed by atoms with Crippen molar-refractivity contribution in [3.63, 3.8) is 0 Å². The molecule has 0 spiro atoms. The van der Waals surface area contributed by atoms with E-state index in [0.29, 0.717) is 5.25 Å². The maximum atomic E-state index is 6.21. The summed E-state index contributed by atoms with van der Waals surface area (Å²) >= 11 is 1.87. The van der Waals surface area contributed by atoms with Crippen LogP contribution in [0.15, 0.2) is 53.4 Å². The molecule has 0 aliphatic heterocycles. The average molecular weight is 271 g/mol. The van der Waals surface area contributed by atoms with Crippen LogP contribution in [0.4, 0.5) is 0 Å². The molecule has 2 aromatic carbocycles. The highest BCUT2D eigenvalue weighted by Crippen LogP contribution is 2.39. The Hall–Kier alpha value is -1.25. The Balaban J connectivity index is 2.33. The minimum Gasteiger partial charge on any atom is -0.327 e. The maximum absolute atomic E-state index is 6.21. The fourth-order valence-corrected chi connectivity index (χ4v) is 3.48. The van der Waals surface area contributed by atoms with Crippen molar-refractivity contribution in [2.24, 2.45) is 5.73 Å². The lowest BCUT2D eigenvalue weighted by molar-refractivity contribution is 0.718. The molecule has 19 heavy (non-hydrogen) atoms. The largest absolute Gasteiger partial charge is 0.327 e. The maximum Gasteiger partial charge on any atom is 0.0495 e. The molecule has 0 aliphatic rings. The molecule has 0 saturated carbocycles. The van der Waals surface area contributed by atoms with Crippen molar-refractivity contribution < 1.29 is 0 Å². The van der Waals surface area contributed by atoms with Gasteiger partial charge >= 0.3 is 0 Å². The Labute approximate surface area is 120 Å². The normalized spacial score (nSPS) is 14.1. The molecule has 2 N–H and O–H groups in total. The number of benzene rings is 2. The lowest BCUT2D eigenvalue weighted by Gasteiger charge is -2.23. The second-order valence-corrected chi connectivity index (χ2v) is 6.20. The zero-order valence-corrected chi connectivity index (χ0v) is 12.6. The van der Waals surface area contributed by atoms with Gasteiger partial charge in [0.2, 0.25) is 0 Å². The predicted octanol–water partition coefficient (Wildman–Crippen LogP) is 4.48. The van der Waals surface area contributed by atoms with Crippen LogP contribution in [0.3, 0.4) is 0 Å². The minimum absolute atomic E-state index is 0.116. The van der Waals surface area contributed by atoms with Gasteiger partial charge in [0.05, 0.1) is 0 Å². The van der Waals surface area contributed by atoms with Gasteiger partial charge in [0.25, 0.3) is 0 Å². The zero-order valence-electron chi connectivity index (χ0n) is 11.8. The van der Waals surface area contributed by atoms with Gasteiger partial charge in [-0.05, 0) is 43.5 Å². The molecular weight excluding hydrogens is 250 g/mol. The molecule has 2 heteroatoms. The molecule has 0 saturated heterocycles. The Morgan fingerprint density at radius 1 is 0.895 bits per heavy atom. The highest BCUT2D eigenvalue weighted by molar-refractivity contribution is 7.99. The van der Waals surface area contributed by atoms with Crippen LogP contribution in [0.2, 0.25) is 0 Å². The van der Waals surface area contributed by atoms with Crippen LogP contribution >= 0.6 is 11.8 Å². The number of thioether (sulfide) groups is 1. The van der Waals surface area contributed by atoms with Crippen molar-refractivity contribution in [1.82, 2.24) is 0 Å². The van der Waals surface area contributed by atoms with Crippen LogP contribution in [-0.2, 0) is 0 Å². The van der Waals surface area contributed by atoms with E-state index in [-0.39, 0.29) is 6.04 Å². The SMILES string of the molecule is Cc1ccccc1SC(c1ccccc1C)C(C)N. The van der Waals surface area contributed by atoms with Gasteiger partial charge in [0.15, 0.2) is 0 Å². The van der Waals surface area contributed by atoms with Crippen LogP contribution in [0.5, 0.6) is 0 Å². The Kier molecular flexibility index (Phi) is 4.67.